The van der Waals surface area contributed by atoms with E-state index in [0.717, 1.165) is 10.2 Å². The first kappa shape index (κ1) is 16.7. The van der Waals surface area contributed by atoms with Gasteiger partial charge in [0.1, 0.15) is 17.1 Å². The number of aromatic amines is 1. The van der Waals surface area contributed by atoms with Crippen LogP contribution < -0.4 is 21.7 Å². The molecule has 3 aromatic heterocycles. The van der Waals surface area contributed by atoms with Crippen LogP contribution in [0.15, 0.2) is 39.4 Å². The van der Waals surface area contributed by atoms with Gasteiger partial charge in [-0.3, -0.25) is 14.3 Å². The average Bonchev–Trinajstić information content (AvgIpc) is 3.07. The van der Waals surface area contributed by atoms with Crippen molar-refractivity contribution in [3.8, 4) is 11.6 Å². The molecule has 132 valence electrons. The summed E-state index contributed by atoms with van der Waals surface area (Å²) >= 11 is 7.54. The molecule has 0 atom stereocenters. The van der Waals surface area contributed by atoms with Gasteiger partial charge in [0, 0.05) is 12.6 Å². The van der Waals surface area contributed by atoms with Crippen molar-refractivity contribution in [3.05, 3.63) is 55.8 Å². The van der Waals surface area contributed by atoms with Crippen LogP contribution in [0.5, 0.6) is 5.88 Å². The lowest BCUT2D eigenvalue weighted by Crippen LogP contribution is -2.30. The molecule has 0 saturated carbocycles. The van der Waals surface area contributed by atoms with Crippen molar-refractivity contribution in [2.24, 2.45) is 5.73 Å². The minimum atomic E-state index is -0.601. The Hall–Kier alpha value is -2.75. The molecule has 0 fully saturated rings. The van der Waals surface area contributed by atoms with Crippen LogP contribution in [0.2, 0.25) is 5.15 Å². The van der Waals surface area contributed by atoms with Crippen LogP contribution in [-0.4, -0.2) is 32.7 Å². The number of benzene rings is 1. The summed E-state index contributed by atoms with van der Waals surface area (Å²) in [6, 6.07) is 6.83. The summed E-state index contributed by atoms with van der Waals surface area (Å²) in [4.78, 5) is 35.5. The van der Waals surface area contributed by atoms with Crippen molar-refractivity contribution in [2.45, 2.75) is 0 Å². The Morgan fingerprint density at radius 1 is 1.31 bits per heavy atom. The molecule has 1 aromatic carbocycles. The number of pyridine rings is 1. The zero-order chi connectivity index (χ0) is 18.3. The van der Waals surface area contributed by atoms with E-state index in [1.54, 1.807) is 17.6 Å². The van der Waals surface area contributed by atoms with Crippen LogP contribution in [0.1, 0.15) is 0 Å². The zero-order valence-corrected chi connectivity index (χ0v) is 14.8. The molecule has 4 rings (SSSR count). The van der Waals surface area contributed by atoms with Gasteiger partial charge in [-0.2, -0.15) is 0 Å². The van der Waals surface area contributed by atoms with E-state index in [4.69, 9.17) is 22.1 Å². The Labute approximate surface area is 154 Å². The van der Waals surface area contributed by atoms with Crippen LogP contribution in [-0.2, 0) is 0 Å². The number of rotatable bonds is 4. The molecule has 0 bridgehead atoms. The maximum absolute atomic E-state index is 12.5. The molecular weight excluding hydrogens is 378 g/mol. The second-order valence-electron chi connectivity index (χ2n) is 5.38. The number of nitrogens with two attached hydrogens (primary N) is 1. The maximum atomic E-state index is 12.5. The quantitative estimate of drug-likeness (QED) is 0.513. The Balaban J connectivity index is 2.07. The lowest BCUT2D eigenvalue weighted by molar-refractivity contribution is 0.319. The highest BCUT2D eigenvalue weighted by atomic mass is 35.5. The van der Waals surface area contributed by atoms with Gasteiger partial charge in [0.25, 0.3) is 5.56 Å². The topological polar surface area (TPSA) is 116 Å². The highest BCUT2D eigenvalue weighted by Crippen LogP contribution is 2.26. The maximum Gasteiger partial charge on any atom is 0.333 e. The monoisotopic (exact) mass is 389 g/mol. The van der Waals surface area contributed by atoms with Gasteiger partial charge >= 0.3 is 5.69 Å². The van der Waals surface area contributed by atoms with Crippen LogP contribution in [0.4, 0.5) is 0 Å². The second kappa shape index (κ2) is 6.52. The van der Waals surface area contributed by atoms with Crippen LogP contribution in [0.25, 0.3) is 26.8 Å². The third kappa shape index (κ3) is 2.75. The molecule has 0 aliphatic carbocycles. The molecule has 0 unspecified atom stereocenters. The smallest absolute Gasteiger partial charge is 0.333 e. The van der Waals surface area contributed by atoms with Crippen molar-refractivity contribution in [3.63, 3.8) is 0 Å². The standard InChI is InChI=1S/C16H12ClN5O3S/c17-12-6-10-13(15(20-12)25-4-3-18)14(23)21-16(24)22(10)8-1-2-9-11(5-8)26-7-19-9/h1-2,5-7H,3-4,18H2,(H,21,23,24). The molecule has 0 aliphatic rings. The van der Waals surface area contributed by atoms with E-state index in [1.807, 2.05) is 6.07 Å². The fraction of sp³-hybridized carbons (Fsp3) is 0.125. The molecule has 0 saturated heterocycles. The lowest BCUT2D eigenvalue weighted by Gasteiger charge is -2.12. The molecule has 0 radical (unpaired) electrons. The minimum absolute atomic E-state index is 0.0341. The van der Waals surface area contributed by atoms with E-state index >= 15 is 0 Å². The first-order chi connectivity index (χ1) is 12.6. The van der Waals surface area contributed by atoms with Gasteiger partial charge in [-0.1, -0.05) is 11.6 Å². The predicted molar refractivity (Wildman–Crippen MR) is 101 cm³/mol. The van der Waals surface area contributed by atoms with E-state index in [0.29, 0.717) is 11.2 Å². The summed E-state index contributed by atoms with van der Waals surface area (Å²) in [5, 5.41) is 0.231. The molecular formula is C16H12ClN5O3S. The van der Waals surface area contributed by atoms with E-state index in [9.17, 15) is 9.59 Å². The van der Waals surface area contributed by atoms with Gasteiger partial charge in [-0.05, 0) is 18.2 Å². The predicted octanol–water partition coefficient (Wildman–Crippen LogP) is 1.67. The van der Waals surface area contributed by atoms with E-state index in [-0.39, 0.29) is 29.6 Å². The third-order valence-electron chi connectivity index (χ3n) is 3.76. The lowest BCUT2D eigenvalue weighted by atomic mass is 10.2. The van der Waals surface area contributed by atoms with E-state index < -0.39 is 11.2 Å². The van der Waals surface area contributed by atoms with Crippen molar-refractivity contribution < 1.29 is 4.74 Å². The summed E-state index contributed by atoms with van der Waals surface area (Å²) in [6.07, 6.45) is 0. The number of nitrogens with one attached hydrogen (secondary N) is 1. The number of aromatic nitrogens is 4. The van der Waals surface area contributed by atoms with Crippen molar-refractivity contribution in [1.29, 1.82) is 0 Å². The number of hydrogen-bond acceptors (Lipinski definition) is 7. The third-order valence-corrected chi connectivity index (χ3v) is 4.74. The molecule has 4 aromatic rings. The fourth-order valence-corrected chi connectivity index (χ4v) is 3.58. The molecule has 10 heteroatoms. The summed E-state index contributed by atoms with van der Waals surface area (Å²) < 4.78 is 7.73. The van der Waals surface area contributed by atoms with Crippen LogP contribution >= 0.6 is 22.9 Å². The number of nitrogens with zero attached hydrogens (tertiary/aromatic N) is 3. The molecule has 26 heavy (non-hydrogen) atoms. The molecule has 0 aliphatic heterocycles. The number of thiazole rings is 1. The summed E-state index contributed by atoms with van der Waals surface area (Å²) in [7, 11) is 0. The van der Waals surface area contributed by atoms with Gasteiger partial charge < -0.3 is 10.5 Å². The normalized spacial score (nSPS) is 11.3. The van der Waals surface area contributed by atoms with E-state index in [2.05, 4.69) is 15.0 Å². The zero-order valence-electron chi connectivity index (χ0n) is 13.2. The highest BCUT2D eigenvalue weighted by Gasteiger charge is 2.17. The van der Waals surface area contributed by atoms with Gasteiger partial charge in [0.05, 0.1) is 26.9 Å². The van der Waals surface area contributed by atoms with Gasteiger partial charge in [-0.25, -0.2) is 14.8 Å². The van der Waals surface area contributed by atoms with Crippen molar-refractivity contribution >= 4 is 44.1 Å². The minimum Gasteiger partial charge on any atom is -0.476 e. The largest absolute Gasteiger partial charge is 0.476 e. The summed E-state index contributed by atoms with van der Waals surface area (Å²) in [6.45, 7) is 0.406. The highest BCUT2D eigenvalue weighted by molar-refractivity contribution is 7.16. The van der Waals surface area contributed by atoms with Gasteiger partial charge in [0.2, 0.25) is 5.88 Å². The van der Waals surface area contributed by atoms with Gasteiger partial charge in [0.15, 0.2) is 0 Å². The second-order valence-corrected chi connectivity index (χ2v) is 6.65. The number of fused-ring (bicyclic) bond motifs is 2. The Morgan fingerprint density at radius 3 is 2.96 bits per heavy atom. The van der Waals surface area contributed by atoms with Crippen LogP contribution in [0, 0.1) is 0 Å². The molecule has 0 amide bonds. The molecule has 0 spiro atoms. The number of halogens is 1. The Morgan fingerprint density at radius 2 is 2.15 bits per heavy atom. The molecule has 8 nitrogen and oxygen atoms in total. The molecule has 3 heterocycles. The fourth-order valence-electron chi connectivity index (χ4n) is 2.69. The first-order valence-corrected chi connectivity index (χ1v) is 8.86. The Bertz CT molecular complexity index is 1250. The van der Waals surface area contributed by atoms with Gasteiger partial charge in [-0.15, -0.1) is 11.3 Å². The SMILES string of the molecule is NCCOc1nc(Cl)cc2c1c(=O)[nH]c(=O)n2-c1ccc2ncsc2c1. The Kier molecular flexibility index (Phi) is 4.19. The summed E-state index contributed by atoms with van der Waals surface area (Å²) in [5.74, 6) is 0.0341. The number of ether oxygens (including phenoxy) is 1. The average molecular weight is 390 g/mol. The van der Waals surface area contributed by atoms with Crippen molar-refractivity contribution in [1.82, 2.24) is 19.5 Å². The number of H-pyrrole nitrogens is 1. The summed E-state index contributed by atoms with van der Waals surface area (Å²) in [5.41, 5.74) is 7.69. The molecule has 3 N–H and O–H groups in total. The number of hydrogen-bond donors (Lipinski definition) is 2. The van der Waals surface area contributed by atoms with E-state index in [1.165, 1.54) is 22.0 Å². The van der Waals surface area contributed by atoms with Crippen LogP contribution in [0.3, 0.4) is 0 Å². The first-order valence-electron chi connectivity index (χ1n) is 7.60. The van der Waals surface area contributed by atoms with Crippen molar-refractivity contribution in [2.75, 3.05) is 13.2 Å².